The molecule has 1 aromatic carbocycles. The number of alkyl halides is 3. The number of benzene rings is 1. The van der Waals surface area contributed by atoms with Crippen LogP contribution in [0, 0.1) is 22.0 Å². The van der Waals surface area contributed by atoms with Crippen LogP contribution in [-0.4, -0.2) is 21.4 Å². The molecule has 130 valence electrons. The number of nitrogens with one attached hydrogen (secondary N) is 1. The lowest BCUT2D eigenvalue weighted by Crippen LogP contribution is -2.08. The molecule has 0 aliphatic heterocycles. The molecule has 0 aliphatic carbocycles. The third-order valence-corrected chi connectivity index (χ3v) is 3.23. The first-order valence-electron chi connectivity index (χ1n) is 6.84. The van der Waals surface area contributed by atoms with E-state index in [1.807, 2.05) is 0 Å². The summed E-state index contributed by atoms with van der Waals surface area (Å²) in [7, 11) is 0. The molecule has 0 saturated heterocycles. The number of hydrogen-bond donors (Lipinski definition) is 1. The molecule has 0 spiro atoms. The highest BCUT2D eigenvalue weighted by molar-refractivity contribution is 6.31. The van der Waals surface area contributed by atoms with Crippen LogP contribution in [0.4, 0.5) is 24.7 Å². The molecule has 2 aromatic rings. The zero-order valence-corrected chi connectivity index (χ0v) is 13.2. The van der Waals surface area contributed by atoms with E-state index in [1.54, 1.807) is 0 Å². The van der Waals surface area contributed by atoms with Crippen molar-refractivity contribution < 1.29 is 18.1 Å². The second-order valence-electron chi connectivity index (χ2n) is 4.64. The van der Waals surface area contributed by atoms with Crippen LogP contribution in [-0.2, 0) is 6.18 Å². The van der Waals surface area contributed by atoms with E-state index in [0.717, 1.165) is 12.4 Å². The van der Waals surface area contributed by atoms with E-state index < -0.39 is 22.4 Å². The van der Waals surface area contributed by atoms with Gasteiger partial charge in [0.15, 0.2) is 0 Å². The molecule has 25 heavy (non-hydrogen) atoms. The number of nitro groups is 1. The maximum atomic E-state index is 12.8. The van der Waals surface area contributed by atoms with Crippen molar-refractivity contribution in [3.63, 3.8) is 0 Å². The second-order valence-corrected chi connectivity index (χ2v) is 5.00. The maximum absolute atomic E-state index is 12.8. The van der Waals surface area contributed by atoms with Gasteiger partial charge < -0.3 is 5.32 Å². The number of anilines is 1. The largest absolute Gasteiger partial charge is 0.417 e. The summed E-state index contributed by atoms with van der Waals surface area (Å²) in [5, 5.41) is 13.3. The summed E-state index contributed by atoms with van der Waals surface area (Å²) in [5.74, 6) is 4.96. The van der Waals surface area contributed by atoms with Crippen molar-refractivity contribution in [2.75, 3.05) is 11.9 Å². The average molecular weight is 371 g/mol. The number of hydrogen-bond acceptors (Lipinski definition) is 5. The monoisotopic (exact) mass is 370 g/mol. The molecule has 0 fully saturated rings. The van der Waals surface area contributed by atoms with Gasteiger partial charge in [-0.2, -0.15) is 13.2 Å². The van der Waals surface area contributed by atoms with Gasteiger partial charge in [0.2, 0.25) is 11.0 Å². The lowest BCUT2D eigenvalue weighted by Gasteiger charge is -2.08. The average Bonchev–Trinajstić information content (AvgIpc) is 2.53. The number of halogens is 4. The molecular formula is C15H10ClF3N4O2. The van der Waals surface area contributed by atoms with Gasteiger partial charge in [-0.05, 0) is 12.1 Å². The minimum Gasteiger partial charge on any atom is -0.363 e. The van der Waals surface area contributed by atoms with Gasteiger partial charge in [0.1, 0.15) is 6.33 Å². The SMILES string of the molecule is O=[N+]([O-])c1c(Cl)ncnc1NCCC#Cc1ccccc1C(F)(F)F. The van der Waals surface area contributed by atoms with Crippen molar-refractivity contribution in [2.24, 2.45) is 0 Å². The number of nitrogens with zero attached hydrogens (tertiary/aromatic N) is 3. The Labute approximate surface area is 145 Å². The van der Waals surface area contributed by atoms with Crippen molar-refractivity contribution in [1.82, 2.24) is 9.97 Å². The van der Waals surface area contributed by atoms with Gasteiger partial charge in [-0.15, -0.1) is 0 Å². The first-order valence-corrected chi connectivity index (χ1v) is 7.22. The van der Waals surface area contributed by atoms with E-state index in [-0.39, 0.29) is 29.5 Å². The Morgan fingerprint density at radius 2 is 2.00 bits per heavy atom. The summed E-state index contributed by atoms with van der Waals surface area (Å²) in [6, 6.07) is 4.98. The zero-order chi connectivity index (χ0) is 18.4. The summed E-state index contributed by atoms with van der Waals surface area (Å²) in [5.41, 5.74) is -1.42. The van der Waals surface area contributed by atoms with Crippen LogP contribution < -0.4 is 5.32 Å². The Morgan fingerprint density at radius 1 is 1.28 bits per heavy atom. The lowest BCUT2D eigenvalue weighted by atomic mass is 10.1. The molecular weight excluding hydrogens is 361 g/mol. The Bertz CT molecular complexity index is 847. The topological polar surface area (TPSA) is 81.0 Å². The van der Waals surface area contributed by atoms with E-state index in [1.165, 1.54) is 18.2 Å². The zero-order valence-electron chi connectivity index (χ0n) is 12.5. The Kier molecular flexibility index (Phi) is 5.77. The highest BCUT2D eigenvalue weighted by atomic mass is 35.5. The third kappa shape index (κ3) is 4.81. The van der Waals surface area contributed by atoms with Gasteiger partial charge in [0, 0.05) is 18.5 Å². The molecule has 0 atom stereocenters. The smallest absolute Gasteiger partial charge is 0.363 e. The molecule has 2 rings (SSSR count). The molecule has 1 N–H and O–H groups in total. The fourth-order valence-electron chi connectivity index (χ4n) is 1.89. The predicted octanol–water partition coefficient (Wildman–Crippen LogP) is 3.91. The predicted molar refractivity (Wildman–Crippen MR) is 85.1 cm³/mol. The van der Waals surface area contributed by atoms with Crippen LogP contribution in [0.25, 0.3) is 0 Å². The van der Waals surface area contributed by atoms with Gasteiger partial charge in [-0.1, -0.05) is 35.6 Å². The molecule has 6 nitrogen and oxygen atoms in total. The molecule has 0 saturated carbocycles. The molecule has 0 bridgehead atoms. The van der Waals surface area contributed by atoms with E-state index in [2.05, 4.69) is 27.1 Å². The Hall–Kier alpha value is -2.86. The van der Waals surface area contributed by atoms with Crippen LogP contribution in [0.2, 0.25) is 5.15 Å². The van der Waals surface area contributed by atoms with Crippen LogP contribution in [0.3, 0.4) is 0 Å². The van der Waals surface area contributed by atoms with Crippen molar-refractivity contribution in [2.45, 2.75) is 12.6 Å². The van der Waals surface area contributed by atoms with Crippen molar-refractivity contribution in [3.8, 4) is 11.8 Å². The van der Waals surface area contributed by atoms with Crippen molar-refractivity contribution in [3.05, 3.63) is 57.0 Å². The molecule has 0 amide bonds. The van der Waals surface area contributed by atoms with Crippen molar-refractivity contribution in [1.29, 1.82) is 0 Å². The Morgan fingerprint density at radius 3 is 2.68 bits per heavy atom. The summed E-state index contributed by atoms with van der Waals surface area (Å²) in [4.78, 5) is 17.4. The van der Waals surface area contributed by atoms with Crippen LogP contribution in [0.5, 0.6) is 0 Å². The summed E-state index contributed by atoms with van der Waals surface area (Å²) >= 11 is 5.64. The third-order valence-electron chi connectivity index (χ3n) is 2.96. The Balaban J connectivity index is 2.04. The standard InChI is InChI=1S/C15H10ClF3N4O2/c16-13-12(23(24)25)14(22-9-21-13)20-8-4-3-6-10-5-1-2-7-11(10)15(17,18)19/h1-2,5,7,9H,4,8H2,(H,20,21,22). The van der Waals surface area contributed by atoms with Gasteiger partial charge in [-0.25, -0.2) is 9.97 Å². The van der Waals surface area contributed by atoms with Crippen LogP contribution in [0.1, 0.15) is 17.5 Å². The summed E-state index contributed by atoms with van der Waals surface area (Å²) in [6.45, 7) is 0.134. The second kappa shape index (κ2) is 7.81. The van der Waals surface area contributed by atoms with Crippen LogP contribution >= 0.6 is 11.6 Å². The normalized spacial score (nSPS) is 10.7. The highest BCUT2D eigenvalue weighted by Crippen LogP contribution is 2.31. The molecule has 0 aliphatic rings. The maximum Gasteiger partial charge on any atom is 0.417 e. The minimum absolute atomic E-state index is 0.0810. The molecule has 10 heteroatoms. The van der Waals surface area contributed by atoms with Gasteiger partial charge in [-0.3, -0.25) is 10.1 Å². The number of aromatic nitrogens is 2. The fraction of sp³-hybridized carbons (Fsp3) is 0.200. The first kappa shape index (κ1) is 18.5. The van der Waals surface area contributed by atoms with Gasteiger partial charge >= 0.3 is 11.9 Å². The lowest BCUT2D eigenvalue weighted by molar-refractivity contribution is -0.384. The quantitative estimate of drug-likeness (QED) is 0.290. The van der Waals surface area contributed by atoms with Gasteiger partial charge in [0.25, 0.3) is 0 Å². The van der Waals surface area contributed by atoms with E-state index in [0.29, 0.717) is 0 Å². The minimum atomic E-state index is -4.48. The number of rotatable bonds is 4. The highest BCUT2D eigenvalue weighted by Gasteiger charge is 2.32. The molecule has 1 heterocycles. The molecule has 0 unspecified atom stereocenters. The molecule has 0 radical (unpaired) electrons. The van der Waals surface area contributed by atoms with Crippen molar-refractivity contribution >= 4 is 23.1 Å². The summed E-state index contributed by atoms with van der Waals surface area (Å²) in [6.07, 6.45) is -3.28. The van der Waals surface area contributed by atoms with E-state index in [4.69, 9.17) is 11.6 Å². The molecule has 1 aromatic heterocycles. The summed E-state index contributed by atoms with van der Waals surface area (Å²) < 4.78 is 38.5. The van der Waals surface area contributed by atoms with E-state index >= 15 is 0 Å². The van der Waals surface area contributed by atoms with Gasteiger partial charge in [0.05, 0.1) is 10.5 Å². The van der Waals surface area contributed by atoms with E-state index in [9.17, 15) is 23.3 Å². The van der Waals surface area contributed by atoms with Crippen LogP contribution in [0.15, 0.2) is 30.6 Å². The first-order chi connectivity index (χ1) is 11.8. The fourth-order valence-corrected chi connectivity index (χ4v) is 2.09.